The van der Waals surface area contributed by atoms with Gasteiger partial charge in [-0.1, -0.05) is 141 Å². The summed E-state index contributed by atoms with van der Waals surface area (Å²) in [5.74, 6) is -0.598. The first kappa shape index (κ1) is 53.6. The van der Waals surface area contributed by atoms with Crippen molar-refractivity contribution < 1.29 is 28.6 Å². The van der Waals surface area contributed by atoms with Gasteiger partial charge in [-0.05, 0) is 91.9 Å². The van der Waals surface area contributed by atoms with E-state index in [2.05, 4.69) is 76.1 Å². The molecule has 8 heteroatoms. The predicted molar refractivity (Wildman–Crippen MR) is 236 cm³/mol. The topological polar surface area (TPSA) is 94.2 Å². The van der Waals surface area contributed by atoms with Crippen LogP contribution in [0.2, 0.25) is 0 Å². The minimum Gasteiger partial charge on any atom is -0.463 e. The molecule has 0 aromatic carbocycles. The lowest BCUT2D eigenvalue weighted by molar-refractivity contribution is -0.147. The molecular formula is C48H90N2O6. The van der Waals surface area contributed by atoms with Crippen molar-refractivity contribution in [2.75, 3.05) is 26.4 Å². The van der Waals surface area contributed by atoms with E-state index in [-0.39, 0.29) is 31.8 Å². The smallest absolute Gasteiger partial charge is 0.407 e. The lowest BCUT2D eigenvalue weighted by Crippen LogP contribution is -2.44. The Morgan fingerprint density at radius 3 is 1.18 bits per heavy atom. The third kappa shape index (κ3) is 37.2. The maximum atomic E-state index is 12.7. The molecule has 0 aromatic heterocycles. The molecule has 328 valence electrons. The van der Waals surface area contributed by atoms with Crippen LogP contribution in [0.5, 0.6) is 0 Å². The molecule has 0 spiro atoms. The van der Waals surface area contributed by atoms with Gasteiger partial charge in [0.2, 0.25) is 0 Å². The average Bonchev–Trinajstić information content (AvgIpc) is 3.17. The third-order valence-electron chi connectivity index (χ3n) is 10.4. The van der Waals surface area contributed by atoms with Crippen molar-refractivity contribution in [1.29, 1.82) is 0 Å². The van der Waals surface area contributed by atoms with E-state index in [0.717, 1.165) is 51.4 Å². The van der Waals surface area contributed by atoms with Crippen molar-refractivity contribution in [2.24, 2.45) is 0 Å². The molecule has 0 aliphatic rings. The molecule has 0 aliphatic carbocycles. The van der Waals surface area contributed by atoms with Gasteiger partial charge in [0.1, 0.15) is 25.9 Å². The third-order valence-corrected chi connectivity index (χ3v) is 10.4. The van der Waals surface area contributed by atoms with Crippen LogP contribution in [0.3, 0.4) is 0 Å². The molecule has 0 bridgehead atoms. The van der Waals surface area contributed by atoms with E-state index in [1.54, 1.807) is 0 Å². The van der Waals surface area contributed by atoms with Gasteiger partial charge in [0.15, 0.2) is 0 Å². The van der Waals surface area contributed by atoms with Crippen molar-refractivity contribution in [1.82, 2.24) is 10.2 Å². The predicted octanol–water partition coefficient (Wildman–Crippen LogP) is 13.4. The summed E-state index contributed by atoms with van der Waals surface area (Å²) in [7, 11) is 0. The van der Waals surface area contributed by atoms with E-state index < -0.39 is 12.1 Å². The molecule has 56 heavy (non-hydrogen) atoms. The number of hydrogen-bond acceptors (Lipinski definition) is 7. The molecule has 0 saturated heterocycles. The summed E-state index contributed by atoms with van der Waals surface area (Å²) in [6, 6.07) is -0.0156. The van der Waals surface area contributed by atoms with Gasteiger partial charge < -0.3 is 19.5 Å². The Labute approximate surface area is 346 Å². The van der Waals surface area contributed by atoms with Crippen LogP contribution >= 0.6 is 0 Å². The summed E-state index contributed by atoms with van der Waals surface area (Å²) >= 11 is 0. The van der Waals surface area contributed by atoms with Gasteiger partial charge in [-0.15, -0.1) is 0 Å². The molecule has 0 radical (unpaired) electrons. The Balaban J connectivity index is 4.40. The van der Waals surface area contributed by atoms with E-state index in [1.165, 1.54) is 116 Å². The number of ether oxygens (including phenoxy) is 3. The minimum absolute atomic E-state index is 0.0657. The van der Waals surface area contributed by atoms with E-state index in [4.69, 9.17) is 14.2 Å². The first-order valence-corrected chi connectivity index (χ1v) is 23.5. The highest BCUT2D eigenvalue weighted by atomic mass is 16.6. The van der Waals surface area contributed by atoms with Crippen LogP contribution in [0.15, 0.2) is 24.3 Å². The normalized spacial score (nSPS) is 12.4. The number of rotatable bonds is 40. The van der Waals surface area contributed by atoms with Crippen LogP contribution in [-0.4, -0.2) is 67.4 Å². The SMILES string of the molecule is CCCCCCCCC=CCCCCCCCC(=O)OCC(COC(=O)CCCCCCCC=CCCCCCCCC)NC(=O)OCCN(C(C)C)C(C)C. The quantitative estimate of drug-likeness (QED) is 0.0286. The van der Waals surface area contributed by atoms with Gasteiger partial charge in [-0.25, -0.2) is 4.79 Å². The van der Waals surface area contributed by atoms with Gasteiger partial charge in [-0.3, -0.25) is 14.5 Å². The minimum atomic E-state index is -0.676. The summed E-state index contributed by atoms with van der Waals surface area (Å²) in [6.07, 6.45) is 40.6. The summed E-state index contributed by atoms with van der Waals surface area (Å²) in [4.78, 5) is 40.0. The fourth-order valence-corrected chi connectivity index (χ4v) is 6.91. The number of unbranched alkanes of at least 4 members (excludes halogenated alkanes) is 22. The maximum absolute atomic E-state index is 12.7. The maximum Gasteiger partial charge on any atom is 0.407 e. The largest absolute Gasteiger partial charge is 0.463 e. The molecule has 0 unspecified atom stereocenters. The van der Waals surface area contributed by atoms with Crippen molar-refractivity contribution in [2.45, 2.75) is 239 Å². The second-order valence-electron chi connectivity index (χ2n) is 16.4. The number of nitrogens with one attached hydrogen (secondary N) is 1. The number of carbonyl (C=O) groups is 3. The standard InChI is InChI=1S/C48H90N2O6/c1-7-9-11-13-15-17-19-21-23-25-27-29-31-33-35-37-46(51)55-41-45(49-48(53)54-40-39-50(43(3)4)44(5)6)42-56-47(52)38-36-34-32-30-28-26-24-22-20-18-16-14-12-10-8-2/h21-24,43-45H,7-20,25-42H2,1-6H3,(H,49,53). The zero-order chi connectivity index (χ0) is 41.3. The number of alkyl carbamates (subject to hydrolysis) is 1. The Kier molecular flexibility index (Phi) is 39.1. The molecule has 0 saturated carbocycles. The molecule has 0 heterocycles. The van der Waals surface area contributed by atoms with Crippen molar-refractivity contribution in [3.63, 3.8) is 0 Å². The van der Waals surface area contributed by atoms with Gasteiger partial charge in [-0.2, -0.15) is 0 Å². The highest BCUT2D eigenvalue weighted by Crippen LogP contribution is 2.13. The summed E-state index contributed by atoms with van der Waals surface area (Å²) in [5.41, 5.74) is 0. The van der Waals surface area contributed by atoms with E-state index in [1.807, 2.05) is 0 Å². The number of esters is 2. The highest BCUT2D eigenvalue weighted by molar-refractivity contribution is 5.70. The Morgan fingerprint density at radius 2 is 0.821 bits per heavy atom. The van der Waals surface area contributed by atoms with Gasteiger partial charge in [0.05, 0.1) is 0 Å². The molecule has 0 atom stereocenters. The number of hydrogen-bond donors (Lipinski definition) is 1. The highest BCUT2D eigenvalue weighted by Gasteiger charge is 2.19. The van der Waals surface area contributed by atoms with Crippen LogP contribution in [0.4, 0.5) is 4.79 Å². The molecule has 0 aromatic rings. The van der Waals surface area contributed by atoms with Crippen LogP contribution in [0.1, 0.15) is 221 Å². The monoisotopic (exact) mass is 791 g/mol. The second kappa shape index (κ2) is 40.8. The molecule has 8 nitrogen and oxygen atoms in total. The van der Waals surface area contributed by atoms with Crippen LogP contribution in [0, 0.1) is 0 Å². The number of amides is 1. The summed E-state index contributed by atoms with van der Waals surface area (Å²) in [6.45, 7) is 13.7. The van der Waals surface area contributed by atoms with Crippen molar-refractivity contribution >= 4 is 18.0 Å². The van der Waals surface area contributed by atoms with Gasteiger partial charge in [0.25, 0.3) is 0 Å². The molecule has 1 amide bonds. The van der Waals surface area contributed by atoms with Crippen LogP contribution in [0.25, 0.3) is 0 Å². The van der Waals surface area contributed by atoms with Crippen LogP contribution < -0.4 is 5.32 Å². The number of allylic oxidation sites excluding steroid dienone is 4. The Hall–Kier alpha value is -2.35. The van der Waals surface area contributed by atoms with E-state index >= 15 is 0 Å². The lowest BCUT2D eigenvalue weighted by Gasteiger charge is -2.30. The average molecular weight is 791 g/mol. The zero-order valence-corrected chi connectivity index (χ0v) is 37.6. The zero-order valence-electron chi connectivity index (χ0n) is 37.6. The molecule has 1 N–H and O–H groups in total. The molecular weight excluding hydrogens is 701 g/mol. The van der Waals surface area contributed by atoms with Gasteiger partial charge in [0, 0.05) is 31.5 Å². The van der Waals surface area contributed by atoms with Crippen molar-refractivity contribution in [3.05, 3.63) is 24.3 Å². The number of carbonyl (C=O) groups excluding carboxylic acids is 3. The van der Waals surface area contributed by atoms with Crippen LogP contribution in [-0.2, 0) is 23.8 Å². The fourth-order valence-electron chi connectivity index (χ4n) is 6.91. The van der Waals surface area contributed by atoms with Gasteiger partial charge >= 0.3 is 18.0 Å². The second-order valence-corrected chi connectivity index (χ2v) is 16.4. The summed E-state index contributed by atoms with van der Waals surface area (Å²) < 4.78 is 16.5. The Bertz CT molecular complexity index is 901. The fraction of sp³-hybridized carbons (Fsp3) is 0.854. The van der Waals surface area contributed by atoms with E-state index in [0.29, 0.717) is 31.5 Å². The first-order chi connectivity index (χ1) is 27.2. The summed E-state index contributed by atoms with van der Waals surface area (Å²) in [5, 5.41) is 2.76. The lowest BCUT2D eigenvalue weighted by atomic mass is 10.1. The first-order valence-electron chi connectivity index (χ1n) is 23.5. The number of nitrogens with zero attached hydrogens (tertiary/aromatic N) is 1. The van der Waals surface area contributed by atoms with Crippen molar-refractivity contribution in [3.8, 4) is 0 Å². The molecule has 0 fully saturated rings. The molecule has 0 aliphatic heterocycles. The van der Waals surface area contributed by atoms with E-state index in [9.17, 15) is 14.4 Å². The Morgan fingerprint density at radius 1 is 0.482 bits per heavy atom. The molecule has 0 rings (SSSR count).